The maximum atomic E-state index is 10.4. The fourth-order valence-corrected chi connectivity index (χ4v) is 0.661. The maximum Gasteiger partial charge on any atom is 0.333 e. The summed E-state index contributed by atoms with van der Waals surface area (Å²) < 4.78 is 4.56. The molecule has 0 aromatic heterocycles. The normalized spacial score (nSPS) is 10.0. The van der Waals surface area contributed by atoms with Crippen LogP contribution in [0.15, 0.2) is 23.9 Å². The van der Waals surface area contributed by atoms with Gasteiger partial charge in [0.05, 0.1) is 6.61 Å². The summed E-state index contributed by atoms with van der Waals surface area (Å²) in [7, 11) is 0. The van der Waals surface area contributed by atoms with Gasteiger partial charge in [-0.1, -0.05) is 26.5 Å². The van der Waals surface area contributed by atoms with Crippen molar-refractivity contribution in [3.8, 4) is 0 Å². The molecule has 0 aliphatic heterocycles. The molecule has 2 N–H and O–H groups in total. The second-order valence-electron chi connectivity index (χ2n) is 3.04. The van der Waals surface area contributed by atoms with Crippen LogP contribution in [-0.2, 0) is 9.53 Å². The van der Waals surface area contributed by atoms with E-state index in [1.54, 1.807) is 13.8 Å². The van der Waals surface area contributed by atoms with Crippen LogP contribution < -0.4 is 5.73 Å². The van der Waals surface area contributed by atoms with Gasteiger partial charge < -0.3 is 10.5 Å². The zero-order chi connectivity index (χ0) is 12.3. The molecule has 0 aliphatic carbocycles. The Morgan fingerprint density at radius 2 is 1.93 bits per heavy atom. The molecule has 0 aliphatic rings. The Hall–Kier alpha value is -1.25. The van der Waals surface area contributed by atoms with Gasteiger partial charge >= 0.3 is 5.97 Å². The number of carbonyl (C=O) groups is 1. The molecular weight excluding hydrogens is 190 g/mol. The van der Waals surface area contributed by atoms with Gasteiger partial charge in [-0.3, -0.25) is 0 Å². The Bertz CT molecular complexity index is 220. The third kappa shape index (κ3) is 12.8. The molecule has 0 aromatic rings. The minimum atomic E-state index is -0.312. The van der Waals surface area contributed by atoms with E-state index in [9.17, 15) is 4.79 Å². The molecule has 88 valence electrons. The molecular formula is C12H23NO2. The number of esters is 1. The van der Waals surface area contributed by atoms with Crippen molar-refractivity contribution in [3.63, 3.8) is 0 Å². The standard InChI is InChI=1S/C6H13N.C6H10O2/c1-3-5-6(7)4-2;1-4-8-6(7)5(2)3/h5H,3-4,7H2,1-2H3;2,4H2,1,3H3. The SMILES string of the molecule is C=C(C)C(=O)OCC.CCC=C(N)CC. The third-order valence-electron chi connectivity index (χ3n) is 1.50. The Morgan fingerprint density at radius 1 is 1.40 bits per heavy atom. The van der Waals surface area contributed by atoms with Crippen LogP contribution in [0.1, 0.15) is 40.5 Å². The van der Waals surface area contributed by atoms with Crippen LogP contribution in [-0.4, -0.2) is 12.6 Å². The summed E-state index contributed by atoms with van der Waals surface area (Å²) in [5.41, 5.74) is 6.90. The Kier molecular flexibility index (Phi) is 11.7. The maximum absolute atomic E-state index is 10.4. The first kappa shape index (κ1) is 16.2. The molecule has 0 saturated heterocycles. The Morgan fingerprint density at radius 3 is 2.07 bits per heavy atom. The Labute approximate surface area is 93.0 Å². The second kappa shape index (κ2) is 10.8. The highest BCUT2D eigenvalue weighted by Gasteiger charge is 1.98. The van der Waals surface area contributed by atoms with Crippen molar-refractivity contribution in [2.45, 2.75) is 40.5 Å². The molecule has 0 bridgehead atoms. The van der Waals surface area contributed by atoms with E-state index in [0.29, 0.717) is 12.2 Å². The number of allylic oxidation sites excluding steroid dienone is 2. The fraction of sp³-hybridized carbons (Fsp3) is 0.583. The lowest BCUT2D eigenvalue weighted by molar-refractivity contribution is -0.138. The summed E-state index contributed by atoms with van der Waals surface area (Å²) in [4.78, 5) is 10.4. The van der Waals surface area contributed by atoms with Gasteiger partial charge in [-0.05, 0) is 26.7 Å². The van der Waals surface area contributed by atoms with Crippen LogP contribution in [0.3, 0.4) is 0 Å². The van der Waals surface area contributed by atoms with Gasteiger partial charge in [0.1, 0.15) is 0 Å². The van der Waals surface area contributed by atoms with E-state index in [-0.39, 0.29) is 5.97 Å². The smallest absolute Gasteiger partial charge is 0.333 e. The van der Waals surface area contributed by atoms with E-state index in [1.807, 2.05) is 6.08 Å². The highest BCUT2D eigenvalue weighted by molar-refractivity contribution is 5.86. The van der Waals surface area contributed by atoms with Gasteiger partial charge in [0.2, 0.25) is 0 Å². The highest BCUT2D eigenvalue weighted by atomic mass is 16.5. The van der Waals surface area contributed by atoms with Crippen LogP contribution in [0.4, 0.5) is 0 Å². The van der Waals surface area contributed by atoms with Crippen LogP contribution in [0, 0.1) is 0 Å². The van der Waals surface area contributed by atoms with Crippen molar-refractivity contribution >= 4 is 5.97 Å². The van der Waals surface area contributed by atoms with Crippen LogP contribution in [0.2, 0.25) is 0 Å². The predicted molar refractivity (Wildman–Crippen MR) is 64.3 cm³/mol. The number of hydrogen-bond acceptors (Lipinski definition) is 3. The van der Waals surface area contributed by atoms with E-state index in [1.165, 1.54) is 0 Å². The van der Waals surface area contributed by atoms with Crippen molar-refractivity contribution in [2.75, 3.05) is 6.61 Å². The average Bonchev–Trinajstić information content (AvgIpc) is 2.19. The summed E-state index contributed by atoms with van der Waals surface area (Å²) in [5, 5.41) is 0. The summed E-state index contributed by atoms with van der Waals surface area (Å²) >= 11 is 0. The van der Waals surface area contributed by atoms with E-state index < -0.39 is 0 Å². The summed E-state index contributed by atoms with van der Waals surface area (Å²) in [6.07, 6.45) is 4.08. The average molecular weight is 213 g/mol. The van der Waals surface area contributed by atoms with Crippen LogP contribution >= 0.6 is 0 Å². The highest BCUT2D eigenvalue weighted by Crippen LogP contribution is 1.90. The minimum absolute atomic E-state index is 0.312. The largest absolute Gasteiger partial charge is 0.463 e. The van der Waals surface area contributed by atoms with Gasteiger partial charge in [-0.15, -0.1) is 0 Å². The molecule has 15 heavy (non-hydrogen) atoms. The van der Waals surface area contributed by atoms with Gasteiger partial charge in [-0.25, -0.2) is 4.79 Å². The van der Waals surface area contributed by atoms with Gasteiger partial charge in [-0.2, -0.15) is 0 Å². The van der Waals surface area contributed by atoms with Crippen molar-refractivity contribution in [2.24, 2.45) is 5.73 Å². The number of ether oxygens (including phenoxy) is 1. The molecule has 3 heteroatoms. The van der Waals surface area contributed by atoms with E-state index in [4.69, 9.17) is 5.73 Å². The van der Waals surface area contributed by atoms with E-state index in [0.717, 1.165) is 18.5 Å². The molecule has 0 rings (SSSR count). The third-order valence-corrected chi connectivity index (χ3v) is 1.50. The number of carbonyl (C=O) groups excluding carboxylic acids is 1. The first-order valence-electron chi connectivity index (χ1n) is 5.26. The van der Waals surface area contributed by atoms with Crippen molar-refractivity contribution < 1.29 is 9.53 Å². The first-order chi connectivity index (χ1) is 6.99. The van der Waals surface area contributed by atoms with Gasteiger partial charge in [0.15, 0.2) is 0 Å². The molecule has 0 atom stereocenters. The predicted octanol–water partition coefficient (Wildman–Crippen LogP) is 2.77. The molecule has 0 unspecified atom stereocenters. The quantitative estimate of drug-likeness (QED) is 0.577. The van der Waals surface area contributed by atoms with Crippen molar-refractivity contribution in [3.05, 3.63) is 23.9 Å². The molecule has 0 amide bonds. The van der Waals surface area contributed by atoms with Gasteiger partial charge in [0.25, 0.3) is 0 Å². The van der Waals surface area contributed by atoms with Crippen molar-refractivity contribution in [1.29, 1.82) is 0 Å². The Balaban J connectivity index is 0. The second-order valence-corrected chi connectivity index (χ2v) is 3.04. The molecule has 0 heterocycles. The van der Waals surface area contributed by atoms with E-state index in [2.05, 4.69) is 25.2 Å². The monoisotopic (exact) mass is 213 g/mol. The molecule has 0 saturated carbocycles. The molecule has 0 radical (unpaired) electrons. The topological polar surface area (TPSA) is 52.3 Å². The van der Waals surface area contributed by atoms with Crippen molar-refractivity contribution in [1.82, 2.24) is 0 Å². The minimum Gasteiger partial charge on any atom is -0.463 e. The zero-order valence-electron chi connectivity index (χ0n) is 10.3. The number of hydrogen-bond donors (Lipinski definition) is 1. The van der Waals surface area contributed by atoms with E-state index >= 15 is 0 Å². The summed E-state index contributed by atoms with van der Waals surface area (Å²) in [5.74, 6) is -0.312. The summed E-state index contributed by atoms with van der Waals surface area (Å²) in [6.45, 7) is 11.4. The molecule has 0 aromatic carbocycles. The lowest BCUT2D eigenvalue weighted by Crippen LogP contribution is -2.03. The fourth-order valence-electron chi connectivity index (χ4n) is 0.661. The number of rotatable bonds is 4. The van der Waals surface area contributed by atoms with Crippen LogP contribution in [0.25, 0.3) is 0 Å². The summed E-state index contributed by atoms with van der Waals surface area (Å²) in [6, 6.07) is 0. The molecule has 0 fully saturated rings. The lowest BCUT2D eigenvalue weighted by atomic mass is 10.3. The molecule has 0 spiro atoms. The zero-order valence-corrected chi connectivity index (χ0v) is 10.3. The lowest BCUT2D eigenvalue weighted by Gasteiger charge is -1.96. The number of nitrogens with two attached hydrogens (primary N) is 1. The first-order valence-corrected chi connectivity index (χ1v) is 5.26. The van der Waals surface area contributed by atoms with Crippen LogP contribution in [0.5, 0.6) is 0 Å². The van der Waals surface area contributed by atoms with Gasteiger partial charge in [0, 0.05) is 11.3 Å². The molecule has 3 nitrogen and oxygen atoms in total.